The summed E-state index contributed by atoms with van der Waals surface area (Å²) in [6.07, 6.45) is -2.21. The molecule has 58 heavy (non-hydrogen) atoms. The van der Waals surface area contributed by atoms with Crippen molar-refractivity contribution in [1.29, 1.82) is 0 Å². The minimum Gasteiger partial charge on any atom is -0.457 e. The van der Waals surface area contributed by atoms with E-state index in [0.29, 0.717) is 17.1 Å². The van der Waals surface area contributed by atoms with Gasteiger partial charge in [0.15, 0.2) is 0 Å². The van der Waals surface area contributed by atoms with Crippen LogP contribution in [0.4, 0.5) is 41.6 Å². The zero-order valence-corrected chi connectivity index (χ0v) is 31.3. The van der Waals surface area contributed by atoms with E-state index in [1.807, 2.05) is 140 Å². The van der Waals surface area contributed by atoms with E-state index in [4.69, 9.17) is 16.2 Å². The predicted octanol–water partition coefficient (Wildman–Crippen LogP) is 14.1. The van der Waals surface area contributed by atoms with Crippen molar-refractivity contribution >= 4 is 40.1 Å². The SMILES string of the molecule is Nc1ccc(N(c2ccc(N)cc2)c2ccc(Oc3ccc(-c4ccc(/C=C(\c5ccccc5)c5ccc(-c6ccc(C(F)(F)F)cc6)cc5)cc4)cc3)cc2)cc1. The van der Waals surface area contributed by atoms with Crippen LogP contribution in [0.15, 0.2) is 200 Å². The third-order valence-electron chi connectivity index (χ3n) is 9.87. The quantitative estimate of drug-likeness (QED) is 0.107. The molecule has 0 spiro atoms. The van der Waals surface area contributed by atoms with Crippen molar-refractivity contribution in [3.63, 3.8) is 0 Å². The van der Waals surface area contributed by atoms with E-state index in [1.54, 1.807) is 0 Å². The van der Waals surface area contributed by atoms with E-state index >= 15 is 0 Å². The van der Waals surface area contributed by atoms with Gasteiger partial charge in [0.1, 0.15) is 11.5 Å². The fraction of sp³-hybridized carbons (Fsp3) is 0.0196. The highest BCUT2D eigenvalue weighted by atomic mass is 19.4. The van der Waals surface area contributed by atoms with E-state index in [2.05, 4.69) is 47.4 Å². The Bertz CT molecular complexity index is 2580. The highest BCUT2D eigenvalue weighted by Gasteiger charge is 2.30. The molecule has 8 rings (SSSR count). The van der Waals surface area contributed by atoms with Crippen molar-refractivity contribution in [2.24, 2.45) is 0 Å². The maximum absolute atomic E-state index is 13.1. The molecule has 0 radical (unpaired) electrons. The molecule has 4 nitrogen and oxygen atoms in total. The van der Waals surface area contributed by atoms with Gasteiger partial charge in [-0.15, -0.1) is 0 Å². The highest BCUT2D eigenvalue weighted by Crippen LogP contribution is 2.37. The van der Waals surface area contributed by atoms with Crippen LogP contribution in [0.1, 0.15) is 22.3 Å². The summed E-state index contributed by atoms with van der Waals surface area (Å²) in [4.78, 5) is 2.13. The summed E-state index contributed by atoms with van der Waals surface area (Å²) in [6.45, 7) is 0. The lowest BCUT2D eigenvalue weighted by molar-refractivity contribution is -0.137. The summed E-state index contributed by atoms with van der Waals surface area (Å²) in [5.41, 5.74) is 23.4. The highest BCUT2D eigenvalue weighted by molar-refractivity contribution is 5.92. The number of ether oxygens (including phenoxy) is 1. The number of hydrogen-bond donors (Lipinski definition) is 2. The Kier molecular flexibility index (Phi) is 10.5. The number of alkyl halides is 3. The minimum atomic E-state index is -4.37. The number of hydrogen-bond acceptors (Lipinski definition) is 4. The molecule has 0 unspecified atom stereocenters. The Morgan fingerprint density at radius 3 is 1.28 bits per heavy atom. The number of benzene rings is 8. The Morgan fingerprint density at radius 2 is 0.810 bits per heavy atom. The third-order valence-corrected chi connectivity index (χ3v) is 9.87. The zero-order chi connectivity index (χ0) is 40.1. The van der Waals surface area contributed by atoms with E-state index in [0.717, 1.165) is 79.5 Å². The van der Waals surface area contributed by atoms with Crippen LogP contribution in [-0.4, -0.2) is 0 Å². The molecule has 0 aromatic heterocycles. The molecule has 4 N–H and O–H groups in total. The monoisotopic (exact) mass is 765 g/mol. The van der Waals surface area contributed by atoms with Gasteiger partial charge < -0.3 is 21.1 Å². The van der Waals surface area contributed by atoms with Gasteiger partial charge in [-0.05, 0) is 148 Å². The Balaban J connectivity index is 0.971. The second-order valence-electron chi connectivity index (χ2n) is 13.8. The van der Waals surface area contributed by atoms with Gasteiger partial charge in [-0.3, -0.25) is 0 Å². The summed E-state index contributed by atoms with van der Waals surface area (Å²) in [5, 5.41) is 0. The molecular weight excluding hydrogens is 728 g/mol. The van der Waals surface area contributed by atoms with Gasteiger partial charge >= 0.3 is 6.18 Å². The number of nitrogens with zero attached hydrogens (tertiary/aromatic N) is 1. The second-order valence-corrected chi connectivity index (χ2v) is 13.8. The van der Waals surface area contributed by atoms with Gasteiger partial charge in [0.2, 0.25) is 0 Å². The van der Waals surface area contributed by atoms with Crippen molar-refractivity contribution in [2.75, 3.05) is 16.4 Å². The molecule has 0 heterocycles. The lowest BCUT2D eigenvalue weighted by Crippen LogP contribution is -2.10. The van der Waals surface area contributed by atoms with Crippen LogP contribution in [0.3, 0.4) is 0 Å². The van der Waals surface area contributed by atoms with E-state index < -0.39 is 11.7 Å². The lowest BCUT2D eigenvalue weighted by atomic mass is 9.93. The maximum Gasteiger partial charge on any atom is 0.416 e. The predicted molar refractivity (Wildman–Crippen MR) is 232 cm³/mol. The van der Waals surface area contributed by atoms with Crippen LogP contribution in [-0.2, 0) is 6.18 Å². The standard InChI is InChI=1S/C51H38F3N3O/c52-51(53,54)42-18-14-38(15-19-42)37-10-12-41(13-11-37)50(40-4-2-1-3-5-40)34-35-6-8-36(9-7-35)39-16-30-48(31-17-39)58-49-32-28-47(29-33-49)57(45-24-20-43(55)21-25-45)46-26-22-44(56)23-27-46/h1-34H,55-56H2/b50-34+. The molecule has 0 fully saturated rings. The van der Waals surface area contributed by atoms with Crippen LogP contribution in [0.25, 0.3) is 33.9 Å². The molecule has 0 atom stereocenters. The number of nitrogens with two attached hydrogens (primary N) is 2. The first-order valence-electron chi connectivity index (χ1n) is 18.7. The lowest BCUT2D eigenvalue weighted by Gasteiger charge is -2.25. The van der Waals surface area contributed by atoms with Gasteiger partial charge in [-0.1, -0.05) is 103 Å². The zero-order valence-electron chi connectivity index (χ0n) is 31.3. The number of halogens is 3. The third kappa shape index (κ3) is 8.64. The molecule has 8 aromatic carbocycles. The topological polar surface area (TPSA) is 64.5 Å². The maximum atomic E-state index is 13.1. The molecule has 8 aromatic rings. The van der Waals surface area contributed by atoms with E-state index in [-0.39, 0.29) is 0 Å². The van der Waals surface area contributed by atoms with E-state index in [9.17, 15) is 13.2 Å². The molecule has 0 aliphatic carbocycles. The Hall–Kier alpha value is -7.51. The average Bonchev–Trinajstić information content (AvgIpc) is 3.25. The molecule has 7 heteroatoms. The second kappa shape index (κ2) is 16.3. The minimum absolute atomic E-state index is 0.660. The normalized spacial score (nSPS) is 11.6. The van der Waals surface area contributed by atoms with Gasteiger partial charge in [-0.2, -0.15) is 13.2 Å². The van der Waals surface area contributed by atoms with Gasteiger partial charge in [0.25, 0.3) is 0 Å². The molecular formula is C51H38F3N3O. The summed E-state index contributed by atoms with van der Waals surface area (Å²) in [5.74, 6) is 1.44. The van der Waals surface area contributed by atoms with Crippen LogP contribution < -0.4 is 21.1 Å². The van der Waals surface area contributed by atoms with Gasteiger partial charge in [0, 0.05) is 28.4 Å². The average molecular weight is 766 g/mol. The van der Waals surface area contributed by atoms with Crippen LogP contribution in [0, 0.1) is 0 Å². The van der Waals surface area contributed by atoms with E-state index in [1.165, 1.54) is 12.1 Å². The van der Waals surface area contributed by atoms with Crippen molar-refractivity contribution in [2.45, 2.75) is 6.18 Å². The molecule has 0 aliphatic heterocycles. The Morgan fingerprint density at radius 1 is 0.431 bits per heavy atom. The molecule has 0 amide bonds. The fourth-order valence-electron chi connectivity index (χ4n) is 6.79. The largest absolute Gasteiger partial charge is 0.457 e. The summed E-state index contributed by atoms with van der Waals surface area (Å²) in [7, 11) is 0. The molecule has 0 saturated heterocycles. The smallest absolute Gasteiger partial charge is 0.416 e. The number of anilines is 5. The number of rotatable bonds is 10. The Labute approximate surface area is 335 Å². The van der Waals surface area contributed by atoms with Crippen molar-refractivity contribution in [3.05, 3.63) is 222 Å². The summed E-state index contributed by atoms with van der Waals surface area (Å²) < 4.78 is 45.5. The first-order valence-corrected chi connectivity index (χ1v) is 18.7. The first kappa shape index (κ1) is 37.4. The molecule has 0 bridgehead atoms. The van der Waals surface area contributed by atoms with Gasteiger partial charge in [0.05, 0.1) is 5.56 Å². The van der Waals surface area contributed by atoms with Crippen LogP contribution >= 0.6 is 0 Å². The van der Waals surface area contributed by atoms with Crippen molar-refractivity contribution in [1.82, 2.24) is 0 Å². The fourth-order valence-corrected chi connectivity index (χ4v) is 6.79. The number of nitrogen functional groups attached to an aromatic ring is 2. The van der Waals surface area contributed by atoms with Crippen LogP contribution in [0.2, 0.25) is 0 Å². The van der Waals surface area contributed by atoms with Crippen molar-refractivity contribution in [3.8, 4) is 33.8 Å². The summed E-state index contributed by atoms with van der Waals surface area (Å²) in [6, 6.07) is 63.2. The molecule has 0 aliphatic rings. The summed E-state index contributed by atoms with van der Waals surface area (Å²) >= 11 is 0. The van der Waals surface area contributed by atoms with Crippen LogP contribution in [0.5, 0.6) is 11.5 Å². The molecule has 0 saturated carbocycles. The van der Waals surface area contributed by atoms with Gasteiger partial charge in [-0.25, -0.2) is 0 Å². The van der Waals surface area contributed by atoms with Crippen molar-refractivity contribution < 1.29 is 17.9 Å². The molecule has 284 valence electrons. The first-order chi connectivity index (χ1) is 28.2.